The zero-order valence-electron chi connectivity index (χ0n) is 15.4. The smallest absolute Gasteiger partial charge is 0.237 e. The standard InChI is InChI=1S/C18H21BrN4O2S2/c1-4-15(24)23(12-6-7-12)17-21-22-18(27-17)26-11(3)16(25)20-14-8-5-10(2)9-13(14)19/h5,8-9,11-12H,4,6-7H2,1-3H3,(H,20,25). The molecular formula is C18H21BrN4O2S2. The molecule has 0 bridgehead atoms. The molecule has 1 atom stereocenters. The monoisotopic (exact) mass is 468 g/mol. The van der Waals surface area contributed by atoms with Crippen molar-refractivity contribution in [2.75, 3.05) is 10.2 Å². The molecule has 9 heteroatoms. The predicted molar refractivity (Wildman–Crippen MR) is 114 cm³/mol. The Morgan fingerprint density at radius 2 is 2.15 bits per heavy atom. The number of aryl methyl sites for hydroxylation is 1. The summed E-state index contributed by atoms with van der Waals surface area (Å²) in [6.07, 6.45) is 2.47. The fourth-order valence-corrected chi connectivity index (χ4v) is 5.14. The number of anilines is 2. The van der Waals surface area contributed by atoms with Crippen LogP contribution in [0.2, 0.25) is 0 Å². The first-order valence-corrected chi connectivity index (χ1v) is 11.3. The molecule has 0 spiro atoms. The summed E-state index contributed by atoms with van der Waals surface area (Å²) in [5, 5.41) is 11.6. The summed E-state index contributed by atoms with van der Waals surface area (Å²) >= 11 is 6.19. The first-order valence-electron chi connectivity index (χ1n) is 8.78. The summed E-state index contributed by atoms with van der Waals surface area (Å²) in [6, 6.07) is 6.04. The average molecular weight is 469 g/mol. The van der Waals surface area contributed by atoms with Gasteiger partial charge in [-0.3, -0.25) is 14.5 Å². The first kappa shape index (κ1) is 20.3. The highest BCUT2D eigenvalue weighted by Gasteiger charge is 2.35. The summed E-state index contributed by atoms with van der Waals surface area (Å²) in [6.45, 7) is 5.68. The second-order valence-electron chi connectivity index (χ2n) is 6.43. The van der Waals surface area contributed by atoms with E-state index in [9.17, 15) is 9.59 Å². The molecule has 3 rings (SSSR count). The Kier molecular flexibility index (Phi) is 6.54. The van der Waals surface area contributed by atoms with Gasteiger partial charge in [0.25, 0.3) is 0 Å². The number of nitrogens with one attached hydrogen (secondary N) is 1. The third kappa shape index (κ3) is 5.08. The van der Waals surface area contributed by atoms with E-state index in [1.54, 1.807) is 4.90 Å². The third-order valence-corrected chi connectivity index (χ3v) is 6.88. The van der Waals surface area contributed by atoms with Gasteiger partial charge in [-0.05, 0) is 60.3 Å². The van der Waals surface area contributed by atoms with E-state index >= 15 is 0 Å². The van der Waals surface area contributed by atoms with Gasteiger partial charge in [-0.15, -0.1) is 10.2 Å². The molecule has 1 N–H and O–H groups in total. The van der Waals surface area contributed by atoms with E-state index < -0.39 is 0 Å². The molecule has 1 aliphatic carbocycles. The van der Waals surface area contributed by atoms with E-state index in [4.69, 9.17) is 0 Å². The van der Waals surface area contributed by atoms with Gasteiger partial charge in [-0.1, -0.05) is 36.1 Å². The Hall–Kier alpha value is -1.45. The number of carbonyl (C=O) groups is 2. The van der Waals surface area contributed by atoms with Crippen LogP contribution in [0.5, 0.6) is 0 Å². The van der Waals surface area contributed by atoms with E-state index in [-0.39, 0.29) is 23.1 Å². The van der Waals surface area contributed by atoms with E-state index in [0.29, 0.717) is 15.9 Å². The highest BCUT2D eigenvalue weighted by atomic mass is 79.9. The van der Waals surface area contributed by atoms with E-state index in [0.717, 1.165) is 28.6 Å². The molecule has 0 radical (unpaired) electrons. The van der Waals surface area contributed by atoms with Crippen molar-refractivity contribution in [3.8, 4) is 0 Å². The summed E-state index contributed by atoms with van der Waals surface area (Å²) in [5.41, 5.74) is 1.86. The van der Waals surface area contributed by atoms with Gasteiger partial charge in [-0.2, -0.15) is 0 Å². The van der Waals surface area contributed by atoms with Gasteiger partial charge in [0.05, 0.1) is 10.9 Å². The predicted octanol–water partition coefficient (Wildman–Crippen LogP) is 4.63. The number of aromatic nitrogens is 2. The van der Waals surface area contributed by atoms with Crippen molar-refractivity contribution in [2.24, 2.45) is 0 Å². The molecule has 27 heavy (non-hydrogen) atoms. The molecule has 1 aromatic heterocycles. The fourth-order valence-electron chi connectivity index (χ4n) is 2.48. The Labute approximate surface area is 175 Å². The zero-order chi connectivity index (χ0) is 19.6. The van der Waals surface area contributed by atoms with Crippen LogP contribution in [0.15, 0.2) is 27.0 Å². The zero-order valence-corrected chi connectivity index (χ0v) is 18.6. The molecule has 1 fully saturated rings. The van der Waals surface area contributed by atoms with Crippen LogP contribution in [0.4, 0.5) is 10.8 Å². The van der Waals surface area contributed by atoms with Crippen molar-refractivity contribution in [1.29, 1.82) is 0 Å². The summed E-state index contributed by atoms with van der Waals surface area (Å²) < 4.78 is 1.54. The summed E-state index contributed by atoms with van der Waals surface area (Å²) in [5.74, 6) is -0.0369. The molecule has 6 nitrogen and oxygen atoms in total. The Bertz CT molecular complexity index is 854. The van der Waals surface area contributed by atoms with Crippen LogP contribution >= 0.6 is 39.0 Å². The van der Waals surface area contributed by atoms with Crippen molar-refractivity contribution >= 4 is 61.7 Å². The quantitative estimate of drug-likeness (QED) is 0.473. The second kappa shape index (κ2) is 8.70. The maximum atomic E-state index is 12.5. The molecule has 0 aliphatic heterocycles. The fraction of sp³-hybridized carbons (Fsp3) is 0.444. The molecule has 1 aliphatic rings. The van der Waals surface area contributed by atoms with Gasteiger partial charge in [0.2, 0.25) is 16.9 Å². The van der Waals surface area contributed by atoms with Gasteiger partial charge in [0.1, 0.15) is 0 Å². The Morgan fingerprint density at radius 3 is 2.78 bits per heavy atom. The molecule has 1 aromatic carbocycles. The van der Waals surface area contributed by atoms with Gasteiger partial charge >= 0.3 is 0 Å². The molecule has 2 amide bonds. The number of hydrogen-bond donors (Lipinski definition) is 1. The number of rotatable bonds is 7. The van der Waals surface area contributed by atoms with Crippen LogP contribution in [-0.2, 0) is 9.59 Å². The minimum Gasteiger partial charge on any atom is -0.324 e. The Balaban J connectivity index is 1.64. The number of halogens is 1. The average Bonchev–Trinajstić information content (AvgIpc) is 3.36. The van der Waals surface area contributed by atoms with Crippen LogP contribution in [0, 0.1) is 6.92 Å². The van der Waals surface area contributed by atoms with Gasteiger partial charge in [0.15, 0.2) is 4.34 Å². The van der Waals surface area contributed by atoms with Crippen molar-refractivity contribution in [3.05, 3.63) is 28.2 Å². The van der Waals surface area contributed by atoms with Crippen molar-refractivity contribution < 1.29 is 9.59 Å². The van der Waals surface area contributed by atoms with Crippen LogP contribution in [0.25, 0.3) is 0 Å². The van der Waals surface area contributed by atoms with E-state index in [2.05, 4.69) is 31.4 Å². The molecule has 1 saturated carbocycles. The number of hydrogen-bond acceptors (Lipinski definition) is 6. The maximum Gasteiger partial charge on any atom is 0.237 e. The number of carbonyl (C=O) groups excluding carboxylic acids is 2. The number of nitrogens with zero attached hydrogens (tertiary/aromatic N) is 3. The lowest BCUT2D eigenvalue weighted by molar-refractivity contribution is -0.118. The normalized spacial score (nSPS) is 14.7. The highest BCUT2D eigenvalue weighted by Crippen LogP contribution is 2.37. The lowest BCUT2D eigenvalue weighted by atomic mass is 10.2. The van der Waals surface area contributed by atoms with Crippen LogP contribution in [-0.4, -0.2) is 33.3 Å². The van der Waals surface area contributed by atoms with Crippen LogP contribution < -0.4 is 10.2 Å². The largest absolute Gasteiger partial charge is 0.324 e. The van der Waals surface area contributed by atoms with Gasteiger partial charge < -0.3 is 5.32 Å². The Morgan fingerprint density at radius 1 is 1.41 bits per heavy atom. The van der Waals surface area contributed by atoms with Crippen LogP contribution in [0.3, 0.4) is 0 Å². The lowest BCUT2D eigenvalue weighted by Gasteiger charge is -2.17. The summed E-state index contributed by atoms with van der Waals surface area (Å²) in [4.78, 5) is 26.4. The maximum absolute atomic E-state index is 12.5. The lowest BCUT2D eigenvalue weighted by Crippen LogP contribution is -2.32. The van der Waals surface area contributed by atoms with Crippen LogP contribution in [0.1, 0.15) is 38.7 Å². The molecule has 2 aromatic rings. The molecular weight excluding hydrogens is 448 g/mol. The number of benzene rings is 1. The first-order chi connectivity index (χ1) is 12.9. The number of amides is 2. The van der Waals surface area contributed by atoms with E-state index in [1.165, 1.54) is 23.1 Å². The molecule has 144 valence electrons. The minimum absolute atomic E-state index is 0.0696. The summed E-state index contributed by atoms with van der Waals surface area (Å²) in [7, 11) is 0. The molecule has 0 saturated heterocycles. The van der Waals surface area contributed by atoms with Crippen molar-refractivity contribution in [1.82, 2.24) is 10.2 Å². The minimum atomic E-state index is -0.338. The molecule has 1 heterocycles. The van der Waals surface area contributed by atoms with E-state index in [1.807, 2.05) is 39.0 Å². The second-order valence-corrected chi connectivity index (χ2v) is 9.83. The highest BCUT2D eigenvalue weighted by molar-refractivity contribution is 9.10. The topological polar surface area (TPSA) is 75.2 Å². The number of thioether (sulfide) groups is 1. The SMILES string of the molecule is CCC(=O)N(c1nnc(SC(C)C(=O)Nc2ccc(C)cc2Br)s1)C1CC1. The van der Waals surface area contributed by atoms with Gasteiger partial charge in [0, 0.05) is 16.9 Å². The third-order valence-electron chi connectivity index (χ3n) is 4.11. The van der Waals surface area contributed by atoms with Crippen molar-refractivity contribution in [3.63, 3.8) is 0 Å². The molecule has 1 unspecified atom stereocenters. The van der Waals surface area contributed by atoms with Gasteiger partial charge in [-0.25, -0.2) is 0 Å². The van der Waals surface area contributed by atoms with Crippen molar-refractivity contribution in [2.45, 2.75) is 55.7 Å².